The zero-order valence-electron chi connectivity index (χ0n) is 7.93. The standard InChI is InChI=1S/C10H8O5/c1-14-9(12)8(11)10(13)15-7-5-3-2-4-6-7/h2-6H,1H3. The molecule has 0 aromatic heterocycles. The molecule has 0 heterocycles. The van der Waals surface area contributed by atoms with Gasteiger partial charge in [-0.25, -0.2) is 9.59 Å². The molecule has 0 aliphatic rings. The Kier molecular flexibility index (Phi) is 3.56. The SMILES string of the molecule is COC(=O)C(=O)C(=O)Oc1ccccc1. The van der Waals surface area contributed by atoms with Crippen LogP contribution in [-0.4, -0.2) is 24.8 Å². The van der Waals surface area contributed by atoms with Crippen molar-refractivity contribution in [3.05, 3.63) is 30.3 Å². The van der Waals surface area contributed by atoms with Crippen LogP contribution in [0.2, 0.25) is 0 Å². The molecular formula is C10H8O5. The number of carbonyl (C=O) groups is 3. The smallest absolute Gasteiger partial charge is 0.392 e. The van der Waals surface area contributed by atoms with E-state index in [1.807, 2.05) is 0 Å². The minimum atomic E-state index is -1.33. The second-order valence-electron chi connectivity index (χ2n) is 2.52. The van der Waals surface area contributed by atoms with Crippen LogP contribution in [-0.2, 0) is 19.1 Å². The predicted octanol–water partition coefficient (Wildman–Crippen LogP) is 0.334. The number of hydrogen-bond donors (Lipinski definition) is 0. The second kappa shape index (κ2) is 4.90. The van der Waals surface area contributed by atoms with Crippen LogP contribution in [0.1, 0.15) is 0 Å². The topological polar surface area (TPSA) is 69.7 Å². The summed E-state index contributed by atoms with van der Waals surface area (Å²) >= 11 is 0. The summed E-state index contributed by atoms with van der Waals surface area (Å²) in [6.45, 7) is 0. The highest BCUT2D eigenvalue weighted by atomic mass is 16.6. The monoisotopic (exact) mass is 208 g/mol. The number of Topliss-reactive ketones (excluding diaryl/α,β-unsaturated/α-hetero) is 1. The first-order valence-corrected chi connectivity index (χ1v) is 4.04. The summed E-state index contributed by atoms with van der Waals surface area (Å²) in [5.41, 5.74) is 0. The molecule has 5 heteroatoms. The lowest BCUT2D eigenvalue weighted by Gasteiger charge is -2.01. The van der Waals surface area contributed by atoms with Gasteiger partial charge in [0.1, 0.15) is 5.75 Å². The van der Waals surface area contributed by atoms with Crippen molar-refractivity contribution in [3.63, 3.8) is 0 Å². The Balaban J connectivity index is 2.65. The molecule has 1 aromatic rings. The molecule has 0 bridgehead atoms. The van der Waals surface area contributed by atoms with Gasteiger partial charge in [0.25, 0.3) is 0 Å². The van der Waals surface area contributed by atoms with Crippen LogP contribution >= 0.6 is 0 Å². The van der Waals surface area contributed by atoms with E-state index >= 15 is 0 Å². The van der Waals surface area contributed by atoms with E-state index in [9.17, 15) is 14.4 Å². The van der Waals surface area contributed by atoms with Crippen molar-refractivity contribution in [1.29, 1.82) is 0 Å². The van der Waals surface area contributed by atoms with Gasteiger partial charge in [0.05, 0.1) is 7.11 Å². The van der Waals surface area contributed by atoms with E-state index in [1.54, 1.807) is 18.2 Å². The van der Waals surface area contributed by atoms with Gasteiger partial charge in [0.2, 0.25) is 0 Å². The van der Waals surface area contributed by atoms with Crippen molar-refractivity contribution in [1.82, 2.24) is 0 Å². The summed E-state index contributed by atoms with van der Waals surface area (Å²) in [6, 6.07) is 7.96. The molecule has 0 fully saturated rings. The molecule has 0 spiro atoms. The number of rotatable bonds is 3. The Hall–Kier alpha value is -2.17. The van der Waals surface area contributed by atoms with Gasteiger partial charge < -0.3 is 9.47 Å². The Labute approximate surface area is 85.6 Å². The lowest BCUT2D eigenvalue weighted by Crippen LogP contribution is -2.29. The summed E-state index contributed by atoms with van der Waals surface area (Å²) in [4.78, 5) is 32.6. The Bertz CT molecular complexity index is 382. The summed E-state index contributed by atoms with van der Waals surface area (Å²) in [7, 11) is 1.01. The van der Waals surface area contributed by atoms with E-state index < -0.39 is 17.7 Å². The molecule has 5 nitrogen and oxygen atoms in total. The van der Waals surface area contributed by atoms with Gasteiger partial charge in [0, 0.05) is 0 Å². The van der Waals surface area contributed by atoms with Crippen molar-refractivity contribution in [3.8, 4) is 5.75 Å². The zero-order valence-corrected chi connectivity index (χ0v) is 7.93. The molecule has 0 saturated carbocycles. The van der Waals surface area contributed by atoms with E-state index in [-0.39, 0.29) is 5.75 Å². The minimum absolute atomic E-state index is 0.194. The maximum atomic E-state index is 11.0. The first-order valence-electron chi connectivity index (χ1n) is 4.04. The van der Waals surface area contributed by atoms with Gasteiger partial charge in [-0.15, -0.1) is 0 Å². The van der Waals surface area contributed by atoms with Gasteiger partial charge >= 0.3 is 17.7 Å². The molecule has 0 saturated heterocycles. The average molecular weight is 208 g/mol. The first-order chi connectivity index (χ1) is 7.15. The van der Waals surface area contributed by atoms with Gasteiger partial charge in [-0.05, 0) is 12.1 Å². The Morgan fingerprint density at radius 3 is 2.13 bits per heavy atom. The molecule has 0 aliphatic heterocycles. The quantitative estimate of drug-likeness (QED) is 0.310. The number of carbonyl (C=O) groups excluding carboxylic acids is 3. The molecule has 0 aliphatic carbocycles. The molecule has 0 N–H and O–H groups in total. The van der Waals surface area contributed by atoms with Gasteiger partial charge in [-0.1, -0.05) is 18.2 Å². The maximum Gasteiger partial charge on any atom is 0.392 e. The second-order valence-corrected chi connectivity index (χ2v) is 2.52. The molecule has 1 rings (SSSR count). The number of hydrogen-bond acceptors (Lipinski definition) is 5. The molecule has 15 heavy (non-hydrogen) atoms. The summed E-state index contributed by atoms with van der Waals surface area (Å²) in [5.74, 6) is -3.63. The Morgan fingerprint density at radius 2 is 1.60 bits per heavy atom. The third-order valence-electron chi connectivity index (χ3n) is 1.51. The van der Waals surface area contributed by atoms with Crippen LogP contribution in [0.25, 0.3) is 0 Å². The number of esters is 2. The lowest BCUT2D eigenvalue weighted by molar-refractivity contribution is -0.159. The number of ketones is 1. The number of ether oxygens (including phenoxy) is 2. The van der Waals surface area contributed by atoms with Crippen LogP contribution in [0, 0.1) is 0 Å². The molecule has 0 unspecified atom stereocenters. The summed E-state index contributed by atoms with van der Waals surface area (Å²) < 4.78 is 8.69. The van der Waals surface area contributed by atoms with Crippen molar-refractivity contribution in [2.24, 2.45) is 0 Å². The van der Waals surface area contributed by atoms with Crippen molar-refractivity contribution in [2.75, 3.05) is 7.11 Å². The highest BCUT2D eigenvalue weighted by Crippen LogP contribution is 2.08. The average Bonchev–Trinajstić information content (AvgIpc) is 2.28. The van der Waals surface area contributed by atoms with E-state index in [1.165, 1.54) is 12.1 Å². The molecule has 0 radical (unpaired) electrons. The van der Waals surface area contributed by atoms with Crippen molar-refractivity contribution < 1.29 is 23.9 Å². The normalized spacial score (nSPS) is 9.13. The molecule has 0 amide bonds. The van der Waals surface area contributed by atoms with Crippen LogP contribution in [0.5, 0.6) is 5.75 Å². The molecular weight excluding hydrogens is 200 g/mol. The molecule has 0 atom stereocenters. The van der Waals surface area contributed by atoms with Crippen LogP contribution in [0.3, 0.4) is 0 Å². The van der Waals surface area contributed by atoms with Crippen molar-refractivity contribution in [2.45, 2.75) is 0 Å². The third kappa shape index (κ3) is 2.91. The zero-order chi connectivity index (χ0) is 11.3. The van der Waals surface area contributed by atoms with E-state index in [4.69, 9.17) is 0 Å². The van der Waals surface area contributed by atoms with Crippen molar-refractivity contribution >= 4 is 17.7 Å². The lowest BCUT2D eigenvalue weighted by atomic mass is 10.3. The van der Waals surface area contributed by atoms with Gasteiger partial charge in [-0.3, -0.25) is 4.79 Å². The van der Waals surface area contributed by atoms with E-state index in [2.05, 4.69) is 9.47 Å². The fourth-order valence-corrected chi connectivity index (χ4v) is 0.818. The molecule has 1 aromatic carbocycles. The highest BCUT2D eigenvalue weighted by Gasteiger charge is 2.25. The predicted molar refractivity (Wildman–Crippen MR) is 49.1 cm³/mol. The highest BCUT2D eigenvalue weighted by molar-refractivity contribution is 6.60. The summed E-state index contributed by atoms with van der Waals surface area (Å²) in [5, 5.41) is 0. The number of methoxy groups -OCH3 is 1. The first kappa shape index (κ1) is 10.9. The van der Waals surface area contributed by atoms with Gasteiger partial charge in [0.15, 0.2) is 0 Å². The largest absolute Gasteiger partial charge is 0.463 e. The van der Waals surface area contributed by atoms with Crippen LogP contribution < -0.4 is 4.74 Å². The molecule has 78 valence electrons. The van der Waals surface area contributed by atoms with Crippen LogP contribution in [0.4, 0.5) is 0 Å². The van der Waals surface area contributed by atoms with E-state index in [0.29, 0.717) is 0 Å². The van der Waals surface area contributed by atoms with Gasteiger partial charge in [-0.2, -0.15) is 0 Å². The number of para-hydroxylation sites is 1. The fraction of sp³-hybridized carbons (Fsp3) is 0.100. The summed E-state index contributed by atoms with van der Waals surface area (Å²) in [6.07, 6.45) is 0. The van der Waals surface area contributed by atoms with Crippen LogP contribution in [0.15, 0.2) is 30.3 Å². The van der Waals surface area contributed by atoms with E-state index in [0.717, 1.165) is 7.11 Å². The number of benzene rings is 1. The fourth-order valence-electron chi connectivity index (χ4n) is 0.818. The Morgan fingerprint density at radius 1 is 1.00 bits per heavy atom. The maximum absolute atomic E-state index is 11.0. The minimum Gasteiger partial charge on any atom is -0.463 e. The third-order valence-corrected chi connectivity index (χ3v) is 1.51.